The topological polar surface area (TPSA) is 61.6 Å². The summed E-state index contributed by atoms with van der Waals surface area (Å²) in [5.74, 6) is 3.54. The third-order valence-corrected chi connectivity index (χ3v) is 6.47. The van der Waals surface area contributed by atoms with Crippen molar-refractivity contribution in [1.82, 2.24) is 0 Å². The maximum atomic E-state index is 11.1. The summed E-state index contributed by atoms with van der Waals surface area (Å²) < 4.78 is 11.5. The number of ether oxygens (including phenoxy) is 2. The summed E-state index contributed by atoms with van der Waals surface area (Å²) in [6, 6.07) is 12.1. The van der Waals surface area contributed by atoms with E-state index in [9.17, 15) is 10.1 Å². The second kappa shape index (κ2) is 7.14. The number of benzene rings is 2. The van der Waals surface area contributed by atoms with Crippen molar-refractivity contribution in [1.29, 1.82) is 0 Å². The molecule has 1 fully saturated rings. The largest absolute Gasteiger partial charge is 0.493 e. The molecule has 2 aromatic rings. The molecule has 1 saturated heterocycles. The monoisotopic (exact) mass is 349 g/mol. The van der Waals surface area contributed by atoms with E-state index < -0.39 is 4.92 Å². The van der Waals surface area contributed by atoms with E-state index in [0.29, 0.717) is 16.1 Å². The van der Waals surface area contributed by atoms with Gasteiger partial charge in [0.25, 0.3) is 0 Å². The molecule has 23 heavy (non-hydrogen) atoms. The van der Waals surface area contributed by atoms with Crippen LogP contribution in [0.1, 0.15) is 10.1 Å². The standard InChI is InChI=1S/C16H15NO4S2/c1-20-15-10-11(16-22-8-9-23-16)6-7-14(15)21-13-5-3-2-4-12(13)17(18)19/h2-7,10,16H,8-9H2,1H3. The van der Waals surface area contributed by atoms with Crippen LogP contribution in [0.15, 0.2) is 42.5 Å². The van der Waals surface area contributed by atoms with E-state index >= 15 is 0 Å². The van der Waals surface area contributed by atoms with Crippen molar-refractivity contribution in [2.24, 2.45) is 0 Å². The van der Waals surface area contributed by atoms with Gasteiger partial charge in [0.05, 0.1) is 16.6 Å². The number of methoxy groups -OCH3 is 1. The van der Waals surface area contributed by atoms with Gasteiger partial charge in [-0.25, -0.2) is 0 Å². The van der Waals surface area contributed by atoms with Crippen LogP contribution in [0.3, 0.4) is 0 Å². The van der Waals surface area contributed by atoms with E-state index in [2.05, 4.69) is 0 Å². The molecule has 0 saturated carbocycles. The van der Waals surface area contributed by atoms with Crippen LogP contribution in [0.5, 0.6) is 17.2 Å². The maximum absolute atomic E-state index is 11.1. The summed E-state index contributed by atoms with van der Waals surface area (Å²) in [6.45, 7) is 0. The summed E-state index contributed by atoms with van der Waals surface area (Å²) in [5.41, 5.74) is 1.10. The molecule has 0 radical (unpaired) electrons. The van der Waals surface area contributed by atoms with Gasteiger partial charge in [0.2, 0.25) is 5.75 Å². The predicted octanol–water partition coefficient (Wildman–Crippen LogP) is 4.87. The fourth-order valence-corrected chi connectivity index (χ4v) is 5.12. The average molecular weight is 349 g/mol. The molecule has 3 rings (SSSR count). The summed E-state index contributed by atoms with van der Waals surface area (Å²) in [4.78, 5) is 10.6. The summed E-state index contributed by atoms with van der Waals surface area (Å²) in [5, 5.41) is 11.1. The van der Waals surface area contributed by atoms with Crippen molar-refractivity contribution in [3.8, 4) is 17.2 Å². The summed E-state index contributed by atoms with van der Waals surface area (Å²) in [7, 11) is 1.57. The Kier molecular flexibility index (Phi) is 4.97. The van der Waals surface area contributed by atoms with E-state index in [-0.39, 0.29) is 11.4 Å². The van der Waals surface area contributed by atoms with E-state index in [4.69, 9.17) is 9.47 Å². The van der Waals surface area contributed by atoms with Gasteiger partial charge in [-0.1, -0.05) is 18.2 Å². The normalized spacial score (nSPS) is 14.7. The first-order chi connectivity index (χ1) is 11.2. The van der Waals surface area contributed by atoms with Gasteiger partial charge in [-0.3, -0.25) is 10.1 Å². The summed E-state index contributed by atoms with van der Waals surface area (Å²) in [6.07, 6.45) is 0. The molecule has 1 heterocycles. The Morgan fingerprint density at radius 3 is 2.52 bits per heavy atom. The number of nitrogens with zero attached hydrogens (tertiary/aromatic N) is 1. The third-order valence-electron chi connectivity index (χ3n) is 3.36. The Hall–Kier alpha value is -1.86. The molecule has 0 unspecified atom stereocenters. The molecule has 0 aromatic heterocycles. The van der Waals surface area contributed by atoms with Crippen molar-refractivity contribution in [2.45, 2.75) is 4.58 Å². The second-order valence-electron chi connectivity index (χ2n) is 4.81. The lowest BCUT2D eigenvalue weighted by Gasteiger charge is -2.14. The molecule has 7 heteroatoms. The van der Waals surface area contributed by atoms with E-state index in [1.165, 1.54) is 11.6 Å². The van der Waals surface area contributed by atoms with Crippen molar-refractivity contribution >= 4 is 29.2 Å². The molecule has 120 valence electrons. The third kappa shape index (κ3) is 3.56. The lowest BCUT2D eigenvalue weighted by atomic mass is 10.2. The number of thioether (sulfide) groups is 2. The van der Waals surface area contributed by atoms with Crippen molar-refractivity contribution in [3.63, 3.8) is 0 Å². The van der Waals surface area contributed by atoms with E-state index in [1.807, 2.05) is 41.7 Å². The highest BCUT2D eigenvalue weighted by Crippen LogP contribution is 2.47. The van der Waals surface area contributed by atoms with E-state index in [0.717, 1.165) is 11.5 Å². The van der Waals surface area contributed by atoms with Crippen LogP contribution in [-0.2, 0) is 0 Å². The SMILES string of the molecule is COc1cc(C2SCCS2)ccc1Oc1ccccc1[N+](=O)[O-]. The number of para-hydroxylation sites is 2. The number of hydrogen-bond donors (Lipinski definition) is 0. The molecule has 0 bridgehead atoms. The van der Waals surface area contributed by atoms with E-state index in [1.54, 1.807) is 25.3 Å². The fourth-order valence-electron chi connectivity index (χ4n) is 2.28. The molecule has 0 N–H and O–H groups in total. The Labute approximate surface area is 142 Å². The zero-order valence-corrected chi connectivity index (χ0v) is 14.1. The maximum Gasteiger partial charge on any atom is 0.311 e. The second-order valence-corrected chi connectivity index (χ2v) is 7.54. The number of rotatable bonds is 5. The van der Waals surface area contributed by atoms with Gasteiger partial charge < -0.3 is 9.47 Å². The zero-order chi connectivity index (χ0) is 16.2. The fraction of sp³-hybridized carbons (Fsp3) is 0.250. The van der Waals surface area contributed by atoms with Gasteiger partial charge in [-0.2, -0.15) is 0 Å². The molecule has 0 atom stereocenters. The Balaban J connectivity index is 1.89. The van der Waals surface area contributed by atoms with Crippen molar-refractivity contribution in [3.05, 3.63) is 58.1 Å². The molecular weight excluding hydrogens is 334 g/mol. The van der Waals surface area contributed by atoms with Gasteiger partial charge in [-0.15, -0.1) is 23.5 Å². The highest BCUT2D eigenvalue weighted by Gasteiger charge is 2.21. The van der Waals surface area contributed by atoms with Gasteiger partial charge in [0.1, 0.15) is 0 Å². The molecular formula is C16H15NO4S2. The molecule has 1 aliphatic heterocycles. The quantitative estimate of drug-likeness (QED) is 0.566. The highest BCUT2D eigenvalue weighted by atomic mass is 32.2. The number of nitro groups is 1. The minimum atomic E-state index is -0.456. The van der Waals surface area contributed by atoms with Crippen molar-refractivity contribution < 1.29 is 14.4 Å². The molecule has 0 spiro atoms. The first-order valence-corrected chi connectivity index (χ1v) is 9.11. The predicted molar refractivity (Wildman–Crippen MR) is 93.8 cm³/mol. The summed E-state index contributed by atoms with van der Waals surface area (Å²) >= 11 is 3.82. The van der Waals surface area contributed by atoms with Crippen LogP contribution in [0, 0.1) is 10.1 Å². The Morgan fingerprint density at radius 2 is 1.83 bits per heavy atom. The van der Waals surface area contributed by atoms with Gasteiger partial charge in [0.15, 0.2) is 11.5 Å². The lowest BCUT2D eigenvalue weighted by molar-refractivity contribution is -0.385. The van der Waals surface area contributed by atoms with Crippen LogP contribution in [-0.4, -0.2) is 23.5 Å². The van der Waals surface area contributed by atoms with Gasteiger partial charge in [0, 0.05) is 17.6 Å². The first kappa shape index (κ1) is 16.0. The van der Waals surface area contributed by atoms with Crippen LogP contribution in [0.4, 0.5) is 5.69 Å². The smallest absolute Gasteiger partial charge is 0.311 e. The van der Waals surface area contributed by atoms with Gasteiger partial charge >= 0.3 is 5.69 Å². The van der Waals surface area contributed by atoms with Crippen LogP contribution in [0.25, 0.3) is 0 Å². The molecule has 5 nitrogen and oxygen atoms in total. The first-order valence-electron chi connectivity index (χ1n) is 7.01. The lowest BCUT2D eigenvalue weighted by Crippen LogP contribution is -1.96. The molecule has 1 aliphatic rings. The minimum absolute atomic E-state index is 0.0690. The molecule has 0 amide bonds. The number of hydrogen-bond acceptors (Lipinski definition) is 6. The zero-order valence-electron chi connectivity index (χ0n) is 12.4. The highest BCUT2D eigenvalue weighted by molar-refractivity contribution is 8.19. The molecule has 2 aromatic carbocycles. The Bertz CT molecular complexity index is 717. The van der Waals surface area contributed by atoms with Crippen molar-refractivity contribution in [2.75, 3.05) is 18.6 Å². The minimum Gasteiger partial charge on any atom is -0.493 e. The average Bonchev–Trinajstić information content (AvgIpc) is 3.10. The Morgan fingerprint density at radius 1 is 1.09 bits per heavy atom. The van der Waals surface area contributed by atoms with Crippen LogP contribution >= 0.6 is 23.5 Å². The van der Waals surface area contributed by atoms with Gasteiger partial charge in [-0.05, 0) is 23.8 Å². The molecule has 0 aliphatic carbocycles. The van der Waals surface area contributed by atoms with Crippen LogP contribution in [0.2, 0.25) is 0 Å². The number of nitro benzene ring substituents is 1. The van der Waals surface area contributed by atoms with Crippen LogP contribution < -0.4 is 9.47 Å².